The monoisotopic (exact) mass is 637 g/mol. The van der Waals surface area contributed by atoms with E-state index >= 15 is 0 Å². The Balaban J connectivity index is 1.26. The first-order chi connectivity index (χ1) is 24.8. The molecule has 0 N–H and O–H groups in total. The fraction of sp³-hybridized carbons (Fsp3) is 0. The van der Waals surface area contributed by atoms with E-state index in [0.29, 0.717) is 0 Å². The van der Waals surface area contributed by atoms with Crippen molar-refractivity contribution in [3.8, 4) is 44.9 Å². The van der Waals surface area contributed by atoms with Gasteiger partial charge >= 0.3 is 0 Å². The van der Waals surface area contributed by atoms with Crippen LogP contribution in [0.5, 0.6) is 0 Å². The molecule has 3 heterocycles. The number of fused-ring (bicyclic) bond motifs is 6. The van der Waals surface area contributed by atoms with E-state index in [4.69, 9.17) is 4.98 Å². The van der Waals surface area contributed by atoms with Crippen LogP contribution in [0.25, 0.3) is 88.6 Å². The van der Waals surface area contributed by atoms with Crippen LogP contribution >= 0.6 is 0 Å². The van der Waals surface area contributed by atoms with E-state index < -0.39 is 0 Å². The summed E-state index contributed by atoms with van der Waals surface area (Å²) in [6, 6.07) is 67.2. The van der Waals surface area contributed by atoms with Crippen molar-refractivity contribution in [1.82, 2.24) is 14.1 Å². The first-order valence-corrected chi connectivity index (χ1v) is 17.1. The minimum Gasteiger partial charge on any atom is -0.309 e. The number of hydrogen-bond acceptors (Lipinski definition) is 1. The van der Waals surface area contributed by atoms with Gasteiger partial charge < -0.3 is 9.13 Å². The van der Waals surface area contributed by atoms with Crippen LogP contribution in [0, 0.1) is 0 Å². The number of pyridine rings is 1. The van der Waals surface area contributed by atoms with Crippen LogP contribution in [0.3, 0.4) is 0 Å². The Kier molecular flexibility index (Phi) is 6.49. The van der Waals surface area contributed by atoms with Gasteiger partial charge in [-0.15, -0.1) is 0 Å². The second-order valence-electron chi connectivity index (χ2n) is 12.8. The predicted octanol–water partition coefficient (Wildman–Crippen LogP) is 12.3. The minimum absolute atomic E-state index is 0.953. The van der Waals surface area contributed by atoms with E-state index in [-0.39, 0.29) is 0 Å². The third-order valence-electron chi connectivity index (χ3n) is 9.89. The van der Waals surface area contributed by atoms with E-state index in [1.54, 1.807) is 0 Å². The number of nitrogens with zero attached hydrogens (tertiary/aromatic N) is 3. The molecule has 50 heavy (non-hydrogen) atoms. The number of benzene rings is 7. The average molecular weight is 638 g/mol. The Morgan fingerprint density at radius 2 is 0.900 bits per heavy atom. The van der Waals surface area contributed by atoms with Crippen LogP contribution in [0.4, 0.5) is 0 Å². The predicted molar refractivity (Wildman–Crippen MR) is 209 cm³/mol. The number of aromatic nitrogens is 3. The maximum atomic E-state index is 5.51. The summed E-state index contributed by atoms with van der Waals surface area (Å²) in [6.45, 7) is 0. The second kappa shape index (κ2) is 11.5. The molecule has 0 aliphatic rings. The van der Waals surface area contributed by atoms with Crippen LogP contribution in [0.2, 0.25) is 0 Å². The maximum absolute atomic E-state index is 5.51. The van der Waals surface area contributed by atoms with Gasteiger partial charge in [-0.1, -0.05) is 121 Å². The van der Waals surface area contributed by atoms with Gasteiger partial charge in [0.25, 0.3) is 0 Å². The zero-order valence-electron chi connectivity index (χ0n) is 27.2. The van der Waals surface area contributed by atoms with Gasteiger partial charge in [0.05, 0.1) is 33.3 Å². The summed E-state index contributed by atoms with van der Waals surface area (Å²) in [5.41, 5.74) is 14.6. The van der Waals surface area contributed by atoms with Crippen LogP contribution in [-0.2, 0) is 0 Å². The molecule has 0 amide bonds. The van der Waals surface area contributed by atoms with E-state index in [2.05, 4.69) is 197 Å². The SMILES string of the molecule is c1ccc(-c2cc(-c3ccccc3)c3c(c2)c2nc(-c4ccc5c(c4)c4ccccc4n5-c4ccccc4)ccc2n3-c2ccccc2)cc1. The first-order valence-electron chi connectivity index (χ1n) is 17.1. The number of para-hydroxylation sites is 3. The van der Waals surface area contributed by atoms with Gasteiger partial charge in [-0.2, -0.15) is 0 Å². The van der Waals surface area contributed by atoms with Crippen LogP contribution < -0.4 is 0 Å². The molecule has 0 bridgehead atoms. The average Bonchev–Trinajstić information content (AvgIpc) is 3.71. The summed E-state index contributed by atoms with van der Waals surface area (Å²) < 4.78 is 4.74. The first kappa shape index (κ1) is 28.3. The summed E-state index contributed by atoms with van der Waals surface area (Å²) in [4.78, 5) is 5.51. The maximum Gasteiger partial charge on any atom is 0.0971 e. The molecular formula is C47H31N3. The van der Waals surface area contributed by atoms with Crippen LogP contribution in [0.15, 0.2) is 188 Å². The Morgan fingerprint density at radius 1 is 0.340 bits per heavy atom. The molecule has 234 valence electrons. The second-order valence-corrected chi connectivity index (χ2v) is 12.8. The Hall–Kier alpha value is -6.71. The fourth-order valence-electron chi connectivity index (χ4n) is 7.64. The molecule has 0 saturated carbocycles. The molecule has 0 radical (unpaired) electrons. The quantitative estimate of drug-likeness (QED) is 0.184. The fourth-order valence-corrected chi connectivity index (χ4v) is 7.64. The van der Waals surface area contributed by atoms with Crippen LogP contribution in [0.1, 0.15) is 0 Å². The van der Waals surface area contributed by atoms with Gasteiger partial charge in [0.2, 0.25) is 0 Å². The van der Waals surface area contributed by atoms with Crippen molar-refractivity contribution in [2.24, 2.45) is 0 Å². The number of hydrogen-bond donors (Lipinski definition) is 0. The summed E-state index contributed by atoms with van der Waals surface area (Å²) in [5.74, 6) is 0. The van der Waals surface area contributed by atoms with Crippen molar-refractivity contribution in [3.63, 3.8) is 0 Å². The van der Waals surface area contributed by atoms with Crippen molar-refractivity contribution < 1.29 is 0 Å². The van der Waals surface area contributed by atoms with Crippen molar-refractivity contribution in [3.05, 3.63) is 188 Å². The minimum atomic E-state index is 0.953. The topological polar surface area (TPSA) is 22.8 Å². The van der Waals surface area contributed by atoms with Gasteiger partial charge in [0.1, 0.15) is 0 Å². The highest BCUT2D eigenvalue weighted by Gasteiger charge is 2.21. The smallest absolute Gasteiger partial charge is 0.0971 e. The molecule has 3 nitrogen and oxygen atoms in total. The van der Waals surface area contributed by atoms with Gasteiger partial charge in [0.15, 0.2) is 0 Å². The largest absolute Gasteiger partial charge is 0.309 e. The molecular weight excluding hydrogens is 607 g/mol. The highest BCUT2D eigenvalue weighted by molar-refractivity contribution is 6.15. The molecule has 3 heteroatoms. The van der Waals surface area contributed by atoms with Gasteiger partial charge in [-0.05, 0) is 83.4 Å². The van der Waals surface area contributed by atoms with Gasteiger partial charge in [-0.25, -0.2) is 4.98 Å². The lowest BCUT2D eigenvalue weighted by Gasteiger charge is -2.13. The third kappa shape index (κ3) is 4.48. The van der Waals surface area contributed by atoms with Crippen molar-refractivity contribution in [1.29, 1.82) is 0 Å². The van der Waals surface area contributed by atoms with E-state index in [9.17, 15) is 0 Å². The van der Waals surface area contributed by atoms with E-state index in [0.717, 1.165) is 44.6 Å². The molecule has 0 spiro atoms. The highest BCUT2D eigenvalue weighted by Crippen LogP contribution is 2.42. The molecule has 10 aromatic rings. The van der Waals surface area contributed by atoms with Gasteiger partial charge in [0, 0.05) is 38.7 Å². The Morgan fingerprint density at radius 3 is 1.62 bits per heavy atom. The Labute approximate surface area is 290 Å². The van der Waals surface area contributed by atoms with E-state index in [1.807, 2.05) is 0 Å². The van der Waals surface area contributed by atoms with Crippen molar-refractivity contribution >= 4 is 43.7 Å². The summed E-state index contributed by atoms with van der Waals surface area (Å²) in [6.07, 6.45) is 0. The lowest BCUT2D eigenvalue weighted by molar-refractivity contribution is 1.18. The molecule has 0 fully saturated rings. The summed E-state index contributed by atoms with van der Waals surface area (Å²) in [5, 5.41) is 3.58. The lowest BCUT2D eigenvalue weighted by atomic mass is 9.96. The molecule has 3 aromatic heterocycles. The Bertz CT molecular complexity index is 2830. The standard InChI is InChI=1S/C47H31N3/c1-5-15-32(16-6-1)35-30-39(33-17-7-2-8-18-33)47-41(31-35)46-45(50(47)37-21-11-4-12-22-37)28-26-42(48-46)34-25-27-44-40(29-34)38-23-13-14-24-43(38)49(44)36-19-9-3-10-20-36/h1-31H. The molecule has 0 aliphatic carbocycles. The molecule has 7 aromatic carbocycles. The van der Waals surface area contributed by atoms with Crippen molar-refractivity contribution in [2.45, 2.75) is 0 Å². The zero-order valence-corrected chi connectivity index (χ0v) is 27.2. The highest BCUT2D eigenvalue weighted by atomic mass is 15.0. The zero-order chi connectivity index (χ0) is 33.0. The lowest BCUT2D eigenvalue weighted by Crippen LogP contribution is -1.96. The molecule has 0 atom stereocenters. The molecule has 0 unspecified atom stereocenters. The molecule has 10 rings (SSSR count). The number of rotatable bonds is 5. The molecule has 0 aliphatic heterocycles. The molecule has 0 saturated heterocycles. The van der Waals surface area contributed by atoms with Crippen molar-refractivity contribution in [2.75, 3.05) is 0 Å². The normalized spacial score (nSPS) is 11.6. The van der Waals surface area contributed by atoms with Gasteiger partial charge in [-0.3, -0.25) is 0 Å². The summed E-state index contributed by atoms with van der Waals surface area (Å²) in [7, 11) is 0. The summed E-state index contributed by atoms with van der Waals surface area (Å²) >= 11 is 0. The van der Waals surface area contributed by atoms with Crippen LogP contribution in [-0.4, -0.2) is 14.1 Å². The third-order valence-corrected chi connectivity index (χ3v) is 9.89. The van der Waals surface area contributed by atoms with E-state index in [1.165, 1.54) is 44.1 Å².